The molecular weight excluding hydrogens is 270 g/mol. The van der Waals surface area contributed by atoms with E-state index < -0.39 is 5.54 Å². The van der Waals surface area contributed by atoms with Gasteiger partial charge in [-0.25, -0.2) is 0 Å². The van der Waals surface area contributed by atoms with E-state index >= 15 is 0 Å². The van der Waals surface area contributed by atoms with Crippen molar-refractivity contribution in [1.29, 1.82) is 5.26 Å². The second-order valence-corrected chi connectivity index (χ2v) is 6.70. The van der Waals surface area contributed by atoms with Gasteiger partial charge in [0, 0.05) is 18.7 Å². The van der Waals surface area contributed by atoms with Crippen molar-refractivity contribution in [1.82, 2.24) is 20.1 Å². The van der Waals surface area contributed by atoms with Gasteiger partial charge in [0.15, 0.2) is 5.16 Å². The van der Waals surface area contributed by atoms with Crippen molar-refractivity contribution in [2.45, 2.75) is 55.8 Å². The van der Waals surface area contributed by atoms with Gasteiger partial charge < -0.3 is 9.88 Å². The van der Waals surface area contributed by atoms with Crippen LogP contribution in [0.4, 0.5) is 0 Å². The zero-order chi connectivity index (χ0) is 14.0. The van der Waals surface area contributed by atoms with Crippen molar-refractivity contribution in [2.75, 3.05) is 12.8 Å². The van der Waals surface area contributed by atoms with E-state index in [-0.39, 0.29) is 0 Å². The van der Waals surface area contributed by atoms with Crippen LogP contribution in [0.3, 0.4) is 0 Å². The van der Waals surface area contributed by atoms with Gasteiger partial charge in [-0.3, -0.25) is 0 Å². The van der Waals surface area contributed by atoms with Crippen LogP contribution in [0.1, 0.15) is 37.9 Å². The molecule has 6 heteroatoms. The lowest BCUT2D eigenvalue weighted by Crippen LogP contribution is -2.46. The van der Waals surface area contributed by atoms with Gasteiger partial charge in [-0.15, -0.1) is 10.2 Å². The molecule has 0 amide bonds. The maximum Gasteiger partial charge on any atom is 0.191 e. The van der Waals surface area contributed by atoms with Gasteiger partial charge in [-0.1, -0.05) is 18.2 Å². The van der Waals surface area contributed by atoms with Crippen LogP contribution >= 0.6 is 11.8 Å². The second kappa shape index (κ2) is 5.74. The molecule has 2 heterocycles. The number of nitrogens with one attached hydrogen (secondary N) is 1. The molecule has 1 aromatic rings. The van der Waals surface area contributed by atoms with Crippen LogP contribution in [-0.2, 0) is 13.0 Å². The molecular formula is C14H21N5S. The van der Waals surface area contributed by atoms with E-state index in [1.165, 1.54) is 19.3 Å². The van der Waals surface area contributed by atoms with Crippen LogP contribution in [0.5, 0.6) is 0 Å². The average molecular weight is 291 g/mol. The molecule has 0 spiro atoms. The fourth-order valence-corrected chi connectivity index (χ4v) is 4.15. The molecule has 1 unspecified atom stereocenters. The minimum absolute atomic E-state index is 0.401. The highest BCUT2D eigenvalue weighted by Crippen LogP contribution is 2.41. The third kappa shape index (κ3) is 2.57. The van der Waals surface area contributed by atoms with Gasteiger partial charge in [-0.05, 0) is 38.6 Å². The van der Waals surface area contributed by atoms with Gasteiger partial charge in [0.1, 0.15) is 11.4 Å². The number of aromatic nitrogens is 3. The molecule has 5 nitrogen and oxygen atoms in total. The van der Waals surface area contributed by atoms with Gasteiger partial charge in [-0.2, -0.15) is 5.26 Å². The highest BCUT2D eigenvalue weighted by molar-refractivity contribution is 7.99. The third-order valence-corrected chi connectivity index (χ3v) is 5.58. The van der Waals surface area contributed by atoms with Crippen LogP contribution in [0.2, 0.25) is 0 Å². The molecule has 1 aliphatic heterocycles. The Morgan fingerprint density at radius 2 is 2.25 bits per heavy atom. The van der Waals surface area contributed by atoms with Crippen molar-refractivity contribution in [3.8, 4) is 6.07 Å². The molecule has 20 heavy (non-hydrogen) atoms. The minimum Gasteiger partial charge on any atom is -0.306 e. The molecule has 1 fully saturated rings. The monoisotopic (exact) mass is 291 g/mol. The third-order valence-electron chi connectivity index (χ3n) is 4.42. The van der Waals surface area contributed by atoms with Crippen molar-refractivity contribution in [3.05, 3.63) is 5.82 Å². The molecule has 0 radical (unpaired) electrons. The Morgan fingerprint density at radius 3 is 2.95 bits per heavy atom. The summed E-state index contributed by atoms with van der Waals surface area (Å²) in [5.41, 5.74) is -0.401. The lowest BCUT2D eigenvalue weighted by molar-refractivity contribution is 0.440. The maximum absolute atomic E-state index is 9.53. The molecule has 1 aromatic heterocycles. The van der Waals surface area contributed by atoms with Crippen molar-refractivity contribution >= 4 is 11.8 Å². The molecule has 1 atom stereocenters. The lowest BCUT2D eigenvalue weighted by atomic mass is 9.98. The summed E-state index contributed by atoms with van der Waals surface area (Å²) in [6.07, 6.45) is 7.04. The molecule has 2 aliphatic rings. The van der Waals surface area contributed by atoms with Crippen molar-refractivity contribution in [3.63, 3.8) is 0 Å². The van der Waals surface area contributed by atoms with E-state index in [1.807, 2.05) is 7.05 Å². The second-order valence-electron chi connectivity index (χ2n) is 5.76. The zero-order valence-electron chi connectivity index (χ0n) is 11.9. The van der Waals surface area contributed by atoms with Crippen LogP contribution in [-0.4, -0.2) is 33.1 Å². The quantitative estimate of drug-likeness (QED) is 0.840. The highest BCUT2D eigenvalue weighted by atomic mass is 32.2. The Morgan fingerprint density at radius 1 is 1.40 bits per heavy atom. The Balaban J connectivity index is 1.72. The number of fused-ring (bicyclic) bond motifs is 1. The Labute approximate surface area is 124 Å². The zero-order valence-corrected chi connectivity index (χ0v) is 12.7. The van der Waals surface area contributed by atoms with E-state index in [2.05, 4.69) is 26.2 Å². The van der Waals surface area contributed by atoms with E-state index in [0.717, 1.165) is 42.5 Å². The van der Waals surface area contributed by atoms with Crippen LogP contribution < -0.4 is 5.32 Å². The Bertz CT molecular complexity index is 516. The molecule has 1 aliphatic carbocycles. The Hall–Kier alpha value is -1.06. The summed E-state index contributed by atoms with van der Waals surface area (Å²) in [7, 11) is 1.90. The summed E-state index contributed by atoms with van der Waals surface area (Å²) in [6, 6.07) is 2.49. The smallest absolute Gasteiger partial charge is 0.191 e. The van der Waals surface area contributed by atoms with Gasteiger partial charge >= 0.3 is 0 Å². The first kappa shape index (κ1) is 13.9. The highest BCUT2D eigenvalue weighted by Gasteiger charge is 2.45. The number of hydrogen-bond donors (Lipinski definition) is 1. The first-order valence-corrected chi connectivity index (χ1v) is 8.42. The summed E-state index contributed by atoms with van der Waals surface area (Å²) in [6.45, 7) is 1.02. The fourth-order valence-electron chi connectivity index (χ4n) is 2.89. The van der Waals surface area contributed by atoms with Gasteiger partial charge in [0.05, 0.1) is 6.07 Å². The maximum atomic E-state index is 9.53. The first-order valence-electron chi connectivity index (χ1n) is 7.44. The normalized spacial score (nSPS) is 21.6. The topological polar surface area (TPSA) is 66.5 Å². The molecule has 1 N–H and O–H groups in total. The van der Waals surface area contributed by atoms with Crippen LogP contribution in [0.15, 0.2) is 5.16 Å². The summed E-state index contributed by atoms with van der Waals surface area (Å²) < 4.78 is 2.25. The fraction of sp³-hybridized carbons (Fsp3) is 0.786. The van der Waals surface area contributed by atoms with Crippen LogP contribution in [0.25, 0.3) is 0 Å². The van der Waals surface area contributed by atoms with E-state index in [9.17, 15) is 5.26 Å². The summed E-state index contributed by atoms with van der Waals surface area (Å²) in [4.78, 5) is 0. The summed E-state index contributed by atoms with van der Waals surface area (Å²) in [5, 5.41) is 22.4. The number of aryl methyl sites for hydroxylation is 1. The average Bonchev–Trinajstić information content (AvgIpc) is 3.28. The number of thioether (sulfide) groups is 1. The predicted octanol–water partition coefficient (Wildman–Crippen LogP) is 1.99. The van der Waals surface area contributed by atoms with Gasteiger partial charge in [0.25, 0.3) is 0 Å². The SMILES string of the molecule is CNC(C#N)(CSc1nnc2n1CCCCC2)C1CC1. The molecule has 0 saturated heterocycles. The molecule has 1 saturated carbocycles. The number of hydrogen-bond acceptors (Lipinski definition) is 5. The lowest BCUT2D eigenvalue weighted by Gasteiger charge is -2.25. The van der Waals surface area contributed by atoms with E-state index in [1.54, 1.807) is 11.8 Å². The number of nitrogens with zero attached hydrogens (tertiary/aromatic N) is 4. The van der Waals surface area contributed by atoms with Crippen molar-refractivity contribution in [2.24, 2.45) is 5.92 Å². The molecule has 108 valence electrons. The Kier molecular flexibility index (Phi) is 3.99. The molecule has 0 bridgehead atoms. The molecule has 0 aromatic carbocycles. The minimum atomic E-state index is -0.401. The molecule has 3 rings (SSSR count). The summed E-state index contributed by atoms with van der Waals surface area (Å²) >= 11 is 1.68. The van der Waals surface area contributed by atoms with Crippen LogP contribution in [0, 0.1) is 17.2 Å². The largest absolute Gasteiger partial charge is 0.306 e. The van der Waals surface area contributed by atoms with Gasteiger partial charge in [0.2, 0.25) is 0 Å². The first-order chi connectivity index (χ1) is 9.79. The predicted molar refractivity (Wildman–Crippen MR) is 78.4 cm³/mol. The number of nitriles is 1. The van der Waals surface area contributed by atoms with Crippen molar-refractivity contribution < 1.29 is 0 Å². The van der Waals surface area contributed by atoms with E-state index in [4.69, 9.17) is 0 Å². The van der Waals surface area contributed by atoms with E-state index in [0.29, 0.717) is 5.92 Å². The number of rotatable bonds is 5. The standard InChI is InChI=1S/C14H21N5S/c1-16-14(9-15,11-6-7-11)10-20-13-18-17-12-5-3-2-4-8-19(12)13/h11,16H,2-8,10H2,1H3. The summed E-state index contributed by atoms with van der Waals surface area (Å²) in [5.74, 6) is 2.36.